The zero-order chi connectivity index (χ0) is 22.7. The highest BCUT2D eigenvalue weighted by Crippen LogP contribution is 2.28. The van der Waals surface area contributed by atoms with Crippen LogP contribution in [0.3, 0.4) is 0 Å². The Balaban J connectivity index is 1.39. The van der Waals surface area contributed by atoms with Crippen molar-refractivity contribution >= 4 is 32.4 Å². The van der Waals surface area contributed by atoms with E-state index in [9.17, 15) is 12.8 Å². The van der Waals surface area contributed by atoms with Crippen LogP contribution in [0.25, 0.3) is 10.9 Å². The van der Waals surface area contributed by atoms with Gasteiger partial charge in [0.15, 0.2) is 27.3 Å². The number of sulfone groups is 1. The van der Waals surface area contributed by atoms with Gasteiger partial charge in [-0.2, -0.15) is 0 Å². The first kappa shape index (κ1) is 21.7. The van der Waals surface area contributed by atoms with Crippen molar-refractivity contribution in [1.82, 2.24) is 10.3 Å². The maximum absolute atomic E-state index is 14.8. The van der Waals surface area contributed by atoms with Gasteiger partial charge in [-0.15, -0.1) is 0 Å². The standard InChI is InChI=1S/C22H23FN4O4S/c1-14-12-17-18(25-14)6-7-19(21(17)23)31-20-8-9-24-22(27-20)26-15-4-3-5-16(13-15)30-10-11-32(2,28)29/h3-8,12-13,25H,9-11H2,1-2H3,(H2,24,26,27). The van der Waals surface area contributed by atoms with E-state index in [0.29, 0.717) is 40.7 Å². The summed E-state index contributed by atoms with van der Waals surface area (Å²) in [6, 6.07) is 12.1. The van der Waals surface area contributed by atoms with Gasteiger partial charge >= 0.3 is 0 Å². The van der Waals surface area contributed by atoms with Crippen molar-refractivity contribution in [2.24, 2.45) is 4.99 Å². The average molecular weight is 459 g/mol. The Kier molecular flexibility index (Phi) is 6.04. The minimum Gasteiger partial charge on any atom is -0.492 e. The largest absolute Gasteiger partial charge is 0.492 e. The van der Waals surface area contributed by atoms with E-state index in [1.54, 1.807) is 42.5 Å². The number of hydrogen-bond acceptors (Lipinski definition) is 7. The smallest absolute Gasteiger partial charge is 0.202 e. The molecule has 10 heteroatoms. The van der Waals surface area contributed by atoms with Crippen LogP contribution in [0.1, 0.15) is 5.69 Å². The number of guanidine groups is 1. The van der Waals surface area contributed by atoms with E-state index in [0.717, 1.165) is 11.9 Å². The highest BCUT2D eigenvalue weighted by atomic mass is 32.2. The highest BCUT2D eigenvalue weighted by Gasteiger charge is 2.15. The van der Waals surface area contributed by atoms with Crippen LogP contribution in [0.4, 0.5) is 10.1 Å². The quantitative estimate of drug-likeness (QED) is 0.502. The molecule has 3 N–H and O–H groups in total. The number of aromatic nitrogens is 1. The van der Waals surface area contributed by atoms with E-state index in [1.807, 2.05) is 13.0 Å². The third-order valence-electron chi connectivity index (χ3n) is 4.64. The predicted molar refractivity (Wildman–Crippen MR) is 122 cm³/mol. The first-order valence-electron chi connectivity index (χ1n) is 9.92. The molecule has 0 amide bonds. The minimum atomic E-state index is -3.09. The number of halogens is 1. The summed E-state index contributed by atoms with van der Waals surface area (Å²) < 4.78 is 48.5. The third kappa shape index (κ3) is 5.38. The summed E-state index contributed by atoms with van der Waals surface area (Å²) >= 11 is 0. The van der Waals surface area contributed by atoms with Crippen molar-refractivity contribution in [3.63, 3.8) is 0 Å². The average Bonchev–Trinajstić information content (AvgIpc) is 3.11. The Bertz CT molecular complexity index is 1310. The lowest BCUT2D eigenvalue weighted by Gasteiger charge is -2.19. The molecule has 2 aromatic carbocycles. The number of aliphatic imine (C=N–C) groups is 1. The van der Waals surface area contributed by atoms with Crippen LogP contribution < -0.4 is 20.1 Å². The Morgan fingerprint density at radius 2 is 2.06 bits per heavy atom. The SMILES string of the molecule is Cc1cc2c(F)c(OC3=CCN=C(Nc4cccc(OCCS(C)(=O)=O)c4)N3)ccc2[nH]1. The molecule has 4 rings (SSSR count). The maximum Gasteiger partial charge on any atom is 0.202 e. The molecular weight excluding hydrogens is 435 g/mol. The number of aryl methyl sites for hydroxylation is 1. The number of benzene rings is 2. The van der Waals surface area contributed by atoms with Crippen molar-refractivity contribution in [3.05, 3.63) is 65.9 Å². The summed E-state index contributed by atoms with van der Waals surface area (Å²) in [6.07, 6.45) is 2.87. The lowest BCUT2D eigenvalue weighted by Crippen LogP contribution is -2.35. The molecule has 2 heterocycles. The monoisotopic (exact) mass is 458 g/mol. The lowest BCUT2D eigenvalue weighted by molar-refractivity contribution is 0.341. The lowest BCUT2D eigenvalue weighted by atomic mass is 10.2. The fourth-order valence-electron chi connectivity index (χ4n) is 3.16. The molecule has 1 aliphatic rings. The number of anilines is 1. The predicted octanol–water partition coefficient (Wildman–Crippen LogP) is 3.33. The number of rotatable bonds is 7. The van der Waals surface area contributed by atoms with E-state index in [-0.39, 0.29) is 18.1 Å². The van der Waals surface area contributed by atoms with Crippen LogP contribution in [0.2, 0.25) is 0 Å². The summed E-state index contributed by atoms with van der Waals surface area (Å²) in [7, 11) is -3.09. The van der Waals surface area contributed by atoms with E-state index < -0.39 is 15.7 Å². The number of nitrogens with one attached hydrogen (secondary N) is 3. The van der Waals surface area contributed by atoms with Crippen molar-refractivity contribution in [1.29, 1.82) is 0 Å². The first-order valence-corrected chi connectivity index (χ1v) is 12.0. The number of H-pyrrole nitrogens is 1. The summed E-state index contributed by atoms with van der Waals surface area (Å²) in [5.74, 6) is 0.917. The first-order chi connectivity index (χ1) is 15.3. The number of hydrogen-bond donors (Lipinski definition) is 3. The van der Waals surface area contributed by atoms with Crippen LogP contribution in [-0.4, -0.2) is 44.5 Å². The third-order valence-corrected chi connectivity index (χ3v) is 5.55. The fraction of sp³-hybridized carbons (Fsp3) is 0.227. The second kappa shape index (κ2) is 8.91. The fourth-order valence-corrected chi connectivity index (χ4v) is 3.55. The number of nitrogens with zero attached hydrogens (tertiary/aromatic N) is 1. The van der Waals surface area contributed by atoms with Crippen molar-refractivity contribution in [2.45, 2.75) is 6.92 Å². The highest BCUT2D eigenvalue weighted by molar-refractivity contribution is 7.90. The Morgan fingerprint density at radius 3 is 2.88 bits per heavy atom. The molecule has 0 saturated carbocycles. The Labute approximate surface area is 185 Å². The van der Waals surface area contributed by atoms with E-state index >= 15 is 0 Å². The molecule has 0 spiro atoms. The number of fused-ring (bicyclic) bond motifs is 1. The van der Waals surface area contributed by atoms with Gasteiger partial charge in [-0.05, 0) is 43.3 Å². The number of aromatic amines is 1. The summed E-state index contributed by atoms with van der Waals surface area (Å²) in [6.45, 7) is 2.28. The zero-order valence-corrected chi connectivity index (χ0v) is 18.4. The molecule has 0 unspecified atom stereocenters. The van der Waals surface area contributed by atoms with Crippen LogP contribution in [-0.2, 0) is 9.84 Å². The molecule has 1 aromatic heterocycles. The van der Waals surface area contributed by atoms with Gasteiger partial charge in [-0.25, -0.2) is 17.8 Å². The van der Waals surface area contributed by atoms with Crippen LogP contribution in [0.15, 0.2) is 59.4 Å². The molecule has 8 nitrogen and oxygen atoms in total. The minimum absolute atomic E-state index is 0.0604. The van der Waals surface area contributed by atoms with Gasteiger partial charge in [0, 0.05) is 34.6 Å². The van der Waals surface area contributed by atoms with Gasteiger partial charge in [-0.3, -0.25) is 5.32 Å². The summed E-state index contributed by atoms with van der Waals surface area (Å²) in [5, 5.41) is 6.58. The van der Waals surface area contributed by atoms with E-state index in [2.05, 4.69) is 20.6 Å². The molecular formula is C22H23FN4O4S. The molecule has 3 aromatic rings. The molecule has 0 aliphatic carbocycles. The molecule has 0 radical (unpaired) electrons. The molecule has 32 heavy (non-hydrogen) atoms. The molecule has 168 valence electrons. The Hall–Kier alpha value is -3.53. The van der Waals surface area contributed by atoms with Crippen LogP contribution in [0.5, 0.6) is 11.5 Å². The van der Waals surface area contributed by atoms with Crippen LogP contribution >= 0.6 is 0 Å². The maximum atomic E-state index is 14.8. The number of ether oxygens (including phenoxy) is 2. The van der Waals surface area contributed by atoms with Gasteiger partial charge in [0.1, 0.15) is 12.4 Å². The van der Waals surface area contributed by atoms with Crippen molar-refractivity contribution in [3.8, 4) is 11.5 Å². The van der Waals surface area contributed by atoms with Gasteiger partial charge < -0.3 is 19.8 Å². The van der Waals surface area contributed by atoms with Gasteiger partial charge in [0.05, 0.1) is 12.3 Å². The van der Waals surface area contributed by atoms with Crippen molar-refractivity contribution in [2.75, 3.05) is 30.5 Å². The molecule has 0 atom stereocenters. The van der Waals surface area contributed by atoms with Crippen molar-refractivity contribution < 1.29 is 22.3 Å². The van der Waals surface area contributed by atoms with Crippen LogP contribution in [0, 0.1) is 12.7 Å². The van der Waals surface area contributed by atoms with E-state index in [4.69, 9.17) is 9.47 Å². The summed E-state index contributed by atoms with van der Waals surface area (Å²) in [5.41, 5.74) is 2.26. The summed E-state index contributed by atoms with van der Waals surface area (Å²) in [4.78, 5) is 7.43. The molecule has 1 aliphatic heterocycles. The second-order valence-corrected chi connectivity index (χ2v) is 9.67. The second-order valence-electron chi connectivity index (χ2n) is 7.41. The van der Waals surface area contributed by atoms with Gasteiger partial charge in [0.2, 0.25) is 5.96 Å². The van der Waals surface area contributed by atoms with Gasteiger partial charge in [0.25, 0.3) is 0 Å². The molecule has 0 bridgehead atoms. The molecule has 0 fully saturated rings. The molecule has 0 saturated heterocycles. The Morgan fingerprint density at radius 1 is 1.22 bits per heavy atom. The topological polar surface area (TPSA) is 105 Å². The van der Waals surface area contributed by atoms with E-state index in [1.165, 1.54) is 0 Å². The normalized spacial score (nSPS) is 13.8. The van der Waals surface area contributed by atoms with Gasteiger partial charge in [-0.1, -0.05) is 6.07 Å². The zero-order valence-electron chi connectivity index (χ0n) is 17.6.